The molecule has 0 heterocycles. The maximum absolute atomic E-state index is 10.2. The van der Waals surface area contributed by atoms with Gasteiger partial charge in [-0.2, -0.15) is 0 Å². The summed E-state index contributed by atoms with van der Waals surface area (Å²) in [5.74, 6) is -6.85. The van der Waals surface area contributed by atoms with Crippen LogP contribution in [0.1, 0.15) is 0 Å². The van der Waals surface area contributed by atoms with E-state index in [9.17, 15) is 14.4 Å². The minimum atomic E-state index is -3.73. The minimum absolute atomic E-state index is 2.15. The van der Waals surface area contributed by atoms with Gasteiger partial charge in [-0.25, -0.2) is 14.4 Å². The molecule has 0 aromatic carbocycles. The van der Waals surface area contributed by atoms with E-state index in [-0.39, 0.29) is 0 Å². The molecule has 8 nitrogen and oxygen atoms in total. The molecule has 0 aromatic heterocycles. The first kappa shape index (κ1) is 11.3. The van der Waals surface area contributed by atoms with Crippen LogP contribution in [-0.2, 0) is 14.4 Å². The van der Waals surface area contributed by atoms with Gasteiger partial charge in [0.15, 0.2) is 0 Å². The Balaban J connectivity index is 5.13. The smallest absolute Gasteiger partial charge is 0.351 e. The van der Waals surface area contributed by atoms with Crippen LogP contribution >= 0.6 is 0 Å². The monoisotopic (exact) mass is 194 g/mol. The van der Waals surface area contributed by atoms with Crippen LogP contribution in [0.15, 0.2) is 0 Å². The van der Waals surface area contributed by atoms with Crippen LogP contribution in [0.3, 0.4) is 0 Å². The number of aliphatic carboxylic acids is 3. The molecule has 0 rings (SSSR count). The first-order valence-corrected chi connectivity index (χ1v) is 2.84. The number of rotatable bonds is 4. The normalized spacial score (nSPS) is 13.4. The molecule has 0 fully saturated rings. The number of carboxylic acids is 3. The van der Waals surface area contributed by atoms with Gasteiger partial charge >= 0.3 is 17.9 Å². The van der Waals surface area contributed by atoms with Crippen molar-refractivity contribution in [1.82, 2.24) is 0 Å². The molecule has 0 aliphatic rings. The van der Waals surface area contributed by atoms with Gasteiger partial charge in [-0.15, -0.1) is 0 Å². The Hall–Kier alpha value is -1.67. The van der Waals surface area contributed by atoms with Gasteiger partial charge in [0.2, 0.25) is 6.10 Å². The lowest BCUT2D eigenvalue weighted by atomic mass is 9.97. The first-order chi connectivity index (χ1) is 5.74. The zero-order valence-corrected chi connectivity index (χ0v) is 6.04. The lowest BCUT2D eigenvalue weighted by Crippen LogP contribution is -2.58. The second-order valence-corrected chi connectivity index (χ2v) is 2.12. The number of carbonyl (C=O) groups is 3. The Bertz CT molecular complexity index is 241. The number of aliphatic hydroxyl groups excluding tert-OH is 1. The summed E-state index contributed by atoms with van der Waals surface area (Å²) in [6, 6.07) is 0. The fourth-order valence-electron chi connectivity index (χ4n) is 0.504. The molecule has 0 unspecified atom stereocenters. The van der Waals surface area contributed by atoms with Crippen LogP contribution in [0.25, 0.3) is 0 Å². The van der Waals surface area contributed by atoms with Gasteiger partial charge in [0.25, 0.3) is 5.60 Å². The molecular formula is C5H6O8. The third-order valence-corrected chi connectivity index (χ3v) is 1.28. The molecule has 0 spiro atoms. The van der Waals surface area contributed by atoms with Crippen LogP contribution in [0, 0.1) is 0 Å². The van der Waals surface area contributed by atoms with Crippen molar-refractivity contribution in [2.75, 3.05) is 0 Å². The maximum Gasteiger partial charge on any atom is 0.351 e. The van der Waals surface area contributed by atoms with Gasteiger partial charge in [-0.05, 0) is 0 Å². The second kappa shape index (κ2) is 3.37. The Morgan fingerprint density at radius 3 is 1.38 bits per heavy atom. The third kappa shape index (κ3) is 1.73. The van der Waals surface area contributed by atoms with Gasteiger partial charge in [0, 0.05) is 0 Å². The van der Waals surface area contributed by atoms with Crippen molar-refractivity contribution in [2.24, 2.45) is 0 Å². The molecule has 0 aliphatic heterocycles. The molecule has 0 aliphatic carbocycles. The Morgan fingerprint density at radius 2 is 1.31 bits per heavy atom. The van der Waals surface area contributed by atoms with E-state index >= 15 is 0 Å². The number of carboxylic acid groups (broad SMARTS) is 3. The van der Waals surface area contributed by atoms with Gasteiger partial charge in [-0.1, -0.05) is 0 Å². The highest BCUT2D eigenvalue weighted by molar-refractivity contribution is 6.06. The van der Waals surface area contributed by atoms with Crippen LogP contribution in [0.5, 0.6) is 0 Å². The highest BCUT2D eigenvalue weighted by atomic mass is 16.5. The van der Waals surface area contributed by atoms with Gasteiger partial charge < -0.3 is 25.5 Å². The van der Waals surface area contributed by atoms with E-state index in [0.29, 0.717) is 0 Å². The average molecular weight is 194 g/mol. The zero-order chi connectivity index (χ0) is 10.8. The van der Waals surface area contributed by atoms with Crippen LogP contribution < -0.4 is 0 Å². The Labute approximate surface area is 70.7 Å². The Morgan fingerprint density at radius 1 is 1.00 bits per heavy atom. The summed E-state index contributed by atoms with van der Waals surface area (Å²) >= 11 is 0. The summed E-state index contributed by atoms with van der Waals surface area (Å²) in [6.07, 6.45) is -2.93. The van der Waals surface area contributed by atoms with Crippen LogP contribution in [0.2, 0.25) is 0 Å². The lowest BCUT2D eigenvalue weighted by molar-refractivity contribution is -0.195. The van der Waals surface area contributed by atoms with E-state index in [1.54, 1.807) is 0 Å². The molecule has 0 saturated heterocycles. The largest absolute Gasteiger partial charge is 0.479 e. The number of hydrogen-bond donors (Lipinski definition) is 5. The van der Waals surface area contributed by atoms with Crippen molar-refractivity contribution in [3.05, 3.63) is 0 Å². The fraction of sp³-hybridized carbons (Fsp3) is 0.400. The summed E-state index contributed by atoms with van der Waals surface area (Å²) in [4.78, 5) is 30.3. The average Bonchev–Trinajstić information content (AvgIpc) is 2.00. The summed E-state index contributed by atoms with van der Waals surface area (Å²) in [6.45, 7) is 0. The SMILES string of the molecule is O=C(O)[C@H](O)C(O)(C(=O)O)C(=O)O. The molecule has 0 bridgehead atoms. The van der Waals surface area contributed by atoms with Crippen molar-refractivity contribution in [2.45, 2.75) is 11.7 Å². The standard InChI is InChI=1S/C5H6O8/c6-1(2(7)8)5(13,3(9)10)4(11)12/h1,6,13H,(H,7,8)(H,9,10)(H,11,12)/t1-/m0/s1. The van der Waals surface area contributed by atoms with Crippen molar-refractivity contribution in [3.8, 4) is 0 Å². The van der Waals surface area contributed by atoms with E-state index in [4.69, 9.17) is 25.5 Å². The molecular weight excluding hydrogens is 188 g/mol. The lowest BCUT2D eigenvalue weighted by Gasteiger charge is -2.20. The van der Waals surface area contributed by atoms with Gasteiger partial charge in [0.05, 0.1) is 0 Å². The third-order valence-electron chi connectivity index (χ3n) is 1.28. The highest BCUT2D eigenvalue weighted by Crippen LogP contribution is 2.12. The molecule has 5 N–H and O–H groups in total. The highest BCUT2D eigenvalue weighted by Gasteiger charge is 2.55. The topological polar surface area (TPSA) is 152 Å². The molecule has 13 heavy (non-hydrogen) atoms. The fourth-order valence-corrected chi connectivity index (χ4v) is 0.504. The molecule has 8 heteroatoms. The minimum Gasteiger partial charge on any atom is -0.479 e. The molecule has 0 aromatic rings. The van der Waals surface area contributed by atoms with Gasteiger partial charge in [-0.3, -0.25) is 0 Å². The number of aliphatic hydroxyl groups is 2. The van der Waals surface area contributed by atoms with Gasteiger partial charge in [0.1, 0.15) is 0 Å². The molecule has 0 amide bonds. The number of hydrogen-bond acceptors (Lipinski definition) is 5. The van der Waals surface area contributed by atoms with Crippen molar-refractivity contribution in [1.29, 1.82) is 0 Å². The molecule has 74 valence electrons. The summed E-state index contributed by atoms with van der Waals surface area (Å²) in [7, 11) is 0. The predicted octanol–water partition coefficient (Wildman–Crippen LogP) is -2.67. The van der Waals surface area contributed by atoms with E-state index in [0.717, 1.165) is 0 Å². The van der Waals surface area contributed by atoms with Crippen molar-refractivity contribution < 1.29 is 39.9 Å². The summed E-state index contributed by atoms with van der Waals surface area (Å²) in [5, 5.41) is 41.8. The second-order valence-electron chi connectivity index (χ2n) is 2.12. The van der Waals surface area contributed by atoms with Crippen molar-refractivity contribution >= 4 is 17.9 Å². The molecule has 0 saturated carbocycles. The van der Waals surface area contributed by atoms with E-state index in [1.807, 2.05) is 0 Å². The summed E-state index contributed by atoms with van der Waals surface area (Å²) < 4.78 is 0. The Kier molecular flexibility index (Phi) is 2.94. The molecule has 1 atom stereocenters. The summed E-state index contributed by atoms with van der Waals surface area (Å²) in [5.41, 5.74) is -3.73. The zero-order valence-electron chi connectivity index (χ0n) is 6.04. The van der Waals surface area contributed by atoms with E-state index in [1.165, 1.54) is 0 Å². The van der Waals surface area contributed by atoms with E-state index in [2.05, 4.69) is 0 Å². The van der Waals surface area contributed by atoms with Crippen molar-refractivity contribution in [3.63, 3.8) is 0 Å². The maximum atomic E-state index is 10.2. The quantitative estimate of drug-likeness (QED) is 0.304. The molecule has 0 radical (unpaired) electrons. The van der Waals surface area contributed by atoms with E-state index < -0.39 is 29.6 Å². The first-order valence-electron chi connectivity index (χ1n) is 2.84. The predicted molar refractivity (Wildman–Crippen MR) is 33.9 cm³/mol. The van der Waals surface area contributed by atoms with Crippen LogP contribution in [0.4, 0.5) is 0 Å². The van der Waals surface area contributed by atoms with Crippen LogP contribution in [-0.4, -0.2) is 55.1 Å².